The van der Waals surface area contributed by atoms with E-state index in [1.807, 2.05) is 13.8 Å². The molecule has 5 heteroatoms. The van der Waals surface area contributed by atoms with Gasteiger partial charge in [-0.2, -0.15) is 0 Å². The van der Waals surface area contributed by atoms with Crippen LogP contribution in [0.15, 0.2) is 22.7 Å². The van der Waals surface area contributed by atoms with Gasteiger partial charge in [0.2, 0.25) is 5.91 Å². The molecule has 0 saturated heterocycles. The third kappa shape index (κ3) is 4.28. The molecule has 0 bridgehead atoms. The minimum absolute atomic E-state index is 0.00223. The van der Waals surface area contributed by atoms with Gasteiger partial charge in [-0.05, 0) is 48.0 Å². The van der Waals surface area contributed by atoms with Crippen LogP contribution in [0.5, 0.6) is 0 Å². The molecule has 0 aliphatic heterocycles. The second kappa shape index (κ2) is 5.96. The molecule has 0 spiro atoms. The van der Waals surface area contributed by atoms with Crippen LogP contribution in [-0.4, -0.2) is 18.6 Å². The Morgan fingerprint density at radius 3 is 2.81 bits per heavy atom. The van der Waals surface area contributed by atoms with E-state index in [-0.39, 0.29) is 24.4 Å². The first-order chi connectivity index (χ1) is 7.49. The van der Waals surface area contributed by atoms with E-state index in [0.29, 0.717) is 10.2 Å². The lowest BCUT2D eigenvalue weighted by Crippen LogP contribution is -2.20. The Labute approximate surface area is 102 Å². The molecule has 0 fully saturated rings. The maximum atomic E-state index is 12.8. The fourth-order valence-corrected chi connectivity index (χ4v) is 1.47. The first-order valence-electron chi connectivity index (χ1n) is 4.85. The molecule has 0 aromatic heterocycles. The monoisotopic (exact) mass is 289 g/mol. The van der Waals surface area contributed by atoms with Crippen LogP contribution in [0.1, 0.15) is 13.8 Å². The van der Waals surface area contributed by atoms with Crippen LogP contribution in [0, 0.1) is 5.82 Å². The molecule has 1 aromatic rings. The van der Waals surface area contributed by atoms with Gasteiger partial charge in [0.05, 0.1) is 11.8 Å². The van der Waals surface area contributed by atoms with Gasteiger partial charge >= 0.3 is 0 Å². The first-order valence-corrected chi connectivity index (χ1v) is 5.65. The summed E-state index contributed by atoms with van der Waals surface area (Å²) in [5.41, 5.74) is 0.527. The van der Waals surface area contributed by atoms with Crippen molar-refractivity contribution in [3.8, 4) is 0 Å². The fourth-order valence-electron chi connectivity index (χ4n) is 1.02. The van der Waals surface area contributed by atoms with E-state index in [1.54, 1.807) is 0 Å². The van der Waals surface area contributed by atoms with E-state index >= 15 is 0 Å². The SMILES string of the molecule is CC(C)OCC(=O)Nc1ccc(F)cc1Br. The van der Waals surface area contributed by atoms with Gasteiger partial charge in [-0.1, -0.05) is 0 Å². The van der Waals surface area contributed by atoms with Crippen molar-refractivity contribution in [2.24, 2.45) is 0 Å². The predicted octanol–water partition coefficient (Wildman–Crippen LogP) is 2.95. The maximum absolute atomic E-state index is 12.8. The largest absolute Gasteiger partial charge is 0.369 e. The Morgan fingerprint density at radius 2 is 2.25 bits per heavy atom. The molecule has 3 nitrogen and oxygen atoms in total. The number of carbonyl (C=O) groups is 1. The number of benzene rings is 1. The van der Waals surface area contributed by atoms with Gasteiger partial charge in [-0.25, -0.2) is 4.39 Å². The molecule has 88 valence electrons. The average molecular weight is 290 g/mol. The minimum atomic E-state index is -0.358. The molecule has 0 saturated carbocycles. The topological polar surface area (TPSA) is 38.3 Å². The van der Waals surface area contributed by atoms with Crippen LogP contribution in [-0.2, 0) is 9.53 Å². The number of anilines is 1. The summed E-state index contributed by atoms with van der Waals surface area (Å²) in [6.45, 7) is 3.68. The zero-order valence-electron chi connectivity index (χ0n) is 9.09. The van der Waals surface area contributed by atoms with Gasteiger partial charge in [0.25, 0.3) is 0 Å². The van der Waals surface area contributed by atoms with Crippen LogP contribution in [0.25, 0.3) is 0 Å². The molecule has 0 radical (unpaired) electrons. The highest BCUT2D eigenvalue weighted by atomic mass is 79.9. The highest BCUT2D eigenvalue weighted by molar-refractivity contribution is 9.10. The molecule has 16 heavy (non-hydrogen) atoms. The summed E-state index contributed by atoms with van der Waals surface area (Å²) in [4.78, 5) is 11.4. The second-order valence-corrected chi connectivity index (χ2v) is 4.39. The Kier molecular flexibility index (Phi) is 4.89. The number of amides is 1. The lowest BCUT2D eigenvalue weighted by atomic mass is 10.3. The summed E-state index contributed by atoms with van der Waals surface area (Å²) in [5.74, 6) is -0.621. The summed E-state index contributed by atoms with van der Waals surface area (Å²) in [7, 11) is 0. The quantitative estimate of drug-likeness (QED) is 0.926. The standard InChI is InChI=1S/C11H13BrFNO2/c1-7(2)16-6-11(15)14-10-4-3-8(13)5-9(10)12/h3-5,7H,6H2,1-2H3,(H,14,15). The molecule has 0 aliphatic rings. The molecule has 0 atom stereocenters. The summed E-state index contributed by atoms with van der Waals surface area (Å²) in [6, 6.07) is 4.06. The number of carbonyl (C=O) groups excluding carboxylic acids is 1. The van der Waals surface area contributed by atoms with E-state index in [9.17, 15) is 9.18 Å². The fraction of sp³-hybridized carbons (Fsp3) is 0.364. The smallest absolute Gasteiger partial charge is 0.250 e. The Morgan fingerprint density at radius 1 is 1.56 bits per heavy atom. The van der Waals surface area contributed by atoms with E-state index in [4.69, 9.17) is 4.74 Å². The minimum Gasteiger partial charge on any atom is -0.369 e. The van der Waals surface area contributed by atoms with Crippen molar-refractivity contribution in [3.05, 3.63) is 28.5 Å². The number of ether oxygens (including phenoxy) is 1. The maximum Gasteiger partial charge on any atom is 0.250 e. The number of hydrogen-bond donors (Lipinski definition) is 1. The van der Waals surface area contributed by atoms with Gasteiger partial charge in [0.1, 0.15) is 12.4 Å². The molecular formula is C11H13BrFNO2. The zero-order chi connectivity index (χ0) is 12.1. The van der Waals surface area contributed by atoms with Crippen molar-refractivity contribution in [1.82, 2.24) is 0 Å². The van der Waals surface area contributed by atoms with Crippen LogP contribution in [0.3, 0.4) is 0 Å². The van der Waals surface area contributed by atoms with Crippen LogP contribution in [0.4, 0.5) is 10.1 Å². The highest BCUT2D eigenvalue weighted by Gasteiger charge is 2.07. The summed E-state index contributed by atoms with van der Waals surface area (Å²) >= 11 is 3.16. The molecule has 0 unspecified atom stereocenters. The molecule has 0 heterocycles. The van der Waals surface area contributed by atoms with Crippen LogP contribution >= 0.6 is 15.9 Å². The van der Waals surface area contributed by atoms with Gasteiger partial charge in [0.15, 0.2) is 0 Å². The van der Waals surface area contributed by atoms with Crippen molar-refractivity contribution in [3.63, 3.8) is 0 Å². The number of nitrogens with one attached hydrogen (secondary N) is 1. The van der Waals surface area contributed by atoms with Crippen molar-refractivity contribution >= 4 is 27.5 Å². The van der Waals surface area contributed by atoms with Crippen LogP contribution in [0.2, 0.25) is 0 Å². The van der Waals surface area contributed by atoms with Crippen molar-refractivity contribution in [2.75, 3.05) is 11.9 Å². The van der Waals surface area contributed by atoms with Crippen molar-refractivity contribution in [1.29, 1.82) is 0 Å². The van der Waals surface area contributed by atoms with Gasteiger partial charge in [0, 0.05) is 4.47 Å². The lowest BCUT2D eigenvalue weighted by molar-refractivity contribution is -0.121. The number of halogens is 2. The van der Waals surface area contributed by atoms with Crippen LogP contribution < -0.4 is 5.32 Å². The summed E-state index contributed by atoms with van der Waals surface area (Å²) in [5, 5.41) is 2.62. The van der Waals surface area contributed by atoms with Crippen molar-refractivity contribution < 1.29 is 13.9 Å². The normalized spacial score (nSPS) is 10.6. The number of rotatable bonds is 4. The van der Waals surface area contributed by atoms with Gasteiger partial charge < -0.3 is 10.1 Å². The average Bonchev–Trinajstić information content (AvgIpc) is 2.19. The van der Waals surface area contributed by atoms with E-state index < -0.39 is 0 Å². The molecule has 1 aromatic carbocycles. The highest BCUT2D eigenvalue weighted by Crippen LogP contribution is 2.22. The molecule has 1 N–H and O–H groups in total. The molecule has 1 rings (SSSR count). The third-order valence-corrected chi connectivity index (χ3v) is 2.41. The summed E-state index contributed by atoms with van der Waals surface area (Å²) < 4.78 is 18.4. The molecule has 1 amide bonds. The zero-order valence-corrected chi connectivity index (χ0v) is 10.7. The molecule has 0 aliphatic carbocycles. The van der Waals surface area contributed by atoms with Gasteiger partial charge in [-0.15, -0.1) is 0 Å². The Hall–Kier alpha value is -0.940. The lowest BCUT2D eigenvalue weighted by Gasteiger charge is -2.09. The third-order valence-electron chi connectivity index (χ3n) is 1.75. The second-order valence-electron chi connectivity index (χ2n) is 3.53. The summed E-state index contributed by atoms with van der Waals surface area (Å²) in [6.07, 6.45) is 0.00223. The van der Waals surface area contributed by atoms with E-state index in [1.165, 1.54) is 18.2 Å². The molecular weight excluding hydrogens is 277 g/mol. The Balaban J connectivity index is 2.56. The first kappa shape index (κ1) is 13.1. The Bertz CT molecular complexity index is 382. The number of hydrogen-bond acceptors (Lipinski definition) is 2. The van der Waals surface area contributed by atoms with E-state index in [0.717, 1.165) is 0 Å². The van der Waals surface area contributed by atoms with Crippen molar-refractivity contribution in [2.45, 2.75) is 20.0 Å². The predicted molar refractivity (Wildman–Crippen MR) is 63.8 cm³/mol. The van der Waals surface area contributed by atoms with Gasteiger partial charge in [-0.3, -0.25) is 4.79 Å². The van der Waals surface area contributed by atoms with E-state index in [2.05, 4.69) is 21.2 Å².